The van der Waals surface area contributed by atoms with Crippen molar-refractivity contribution in [3.63, 3.8) is 0 Å². The van der Waals surface area contributed by atoms with E-state index in [-0.39, 0.29) is 0 Å². The average molecular weight is 670 g/mol. The third-order valence-electron chi connectivity index (χ3n) is 10.1. The van der Waals surface area contributed by atoms with Crippen LogP contribution < -0.4 is 0 Å². The summed E-state index contributed by atoms with van der Waals surface area (Å²) in [6.07, 6.45) is 1.86. The molecule has 0 bridgehead atoms. The lowest BCUT2D eigenvalue weighted by atomic mass is 9.93. The number of aryl methyl sites for hydroxylation is 1. The highest BCUT2D eigenvalue weighted by molar-refractivity contribution is 6.09. The van der Waals surface area contributed by atoms with E-state index in [1.165, 1.54) is 5.39 Å². The van der Waals surface area contributed by atoms with Crippen LogP contribution in [0.1, 0.15) is 11.1 Å². The zero-order valence-corrected chi connectivity index (χ0v) is 28.6. The number of hydrogen-bond donors (Lipinski definition) is 0. The monoisotopic (exact) mass is 669 g/mol. The fraction of sp³-hybridized carbons (Fsp3) is 0.0435. The Labute approximate surface area is 299 Å². The first-order chi connectivity index (χ1) is 25.6. The summed E-state index contributed by atoms with van der Waals surface area (Å²) in [5, 5.41) is 4.44. The molecule has 6 aromatic carbocycles. The SMILES string of the molecule is Cc1cc(-n2c3ccccc3c3cccnc32)ccc1-c1cccc(-c2nc(-c3ccccc3)nc(-c3cccc4c3oc3ccccc34)n2)c1C. The number of nitrogens with zero attached hydrogens (tertiary/aromatic N) is 5. The molecule has 0 saturated heterocycles. The van der Waals surface area contributed by atoms with Crippen LogP contribution >= 0.6 is 0 Å². The lowest BCUT2D eigenvalue weighted by molar-refractivity contribution is 0.669. The lowest BCUT2D eigenvalue weighted by Crippen LogP contribution is -2.02. The first-order valence-electron chi connectivity index (χ1n) is 17.4. The highest BCUT2D eigenvalue weighted by Crippen LogP contribution is 2.38. The summed E-state index contributed by atoms with van der Waals surface area (Å²) in [6.45, 7) is 4.33. The van der Waals surface area contributed by atoms with Gasteiger partial charge in [0.05, 0.1) is 11.1 Å². The van der Waals surface area contributed by atoms with Gasteiger partial charge in [0.25, 0.3) is 0 Å². The molecule has 0 spiro atoms. The molecule has 4 aromatic heterocycles. The molecule has 0 fully saturated rings. The lowest BCUT2D eigenvalue weighted by Gasteiger charge is -2.16. The van der Waals surface area contributed by atoms with Crippen LogP contribution in [0.15, 0.2) is 156 Å². The molecular weight excluding hydrogens is 639 g/mol. The van der Waals surface area contributed by atoms with Crippen LogP contribution in [0.25, 0.3) is 94.9 Å². The third kappa shape index (κ3) is 4.72. The fourth-order valence-corrected chi connectivity index (χ4v) is 7.57. The van der Waals surface area contributed by atoms with Crippen LogP contribution in [0.2, 0.25) is 0 Å². The maximum absolute atomic E-state index is 6.42. The van der Waals surface area contributed by atoms with Gasteiger partial charge in [-0.1, -0.05) is 103 Å². The van der Waals surface area contributed by atoms with E-state index in [1.807, 2.05) is 72.9 Å². The number of fused-ring (bicyclic) bond motifs is 6. The molecule has 0 unspecified atom stereocenters. The minimum absolute atomic E-state index is 0.568. The highest BCUT2D eigenvalue weighted by Gasteiger charge is 2.20. The average Bonchev–Trinajstić information content (AvgIpc) is 3.74. The van der Waals surface area contributed by atoms with Crippen molar-refractivity contribution in [3.05, 3.63) is 163 Å². The zero-order chi connectivity index (χ0) is 34.8. The third-order valence-corrected chi connectivity index (χ3v) is 10.1. The van der Waals surface area contributed by atoms with Crippen molar-refractivity contribution in [2.45, 2.75) is 13.8 Å². The molecule has 4 heterocycles. The van der Waals surface area contributed by atoms with Gasteiger partial charge in [-0.2, -0.15) is 0 Å². The number of benzene rings is 6. The molecule has 6 heteroatoms. The molecule has 0 radical (unpaired) electrons. The van der Waals surface area contributed by atoms with E-state index in [0.29, 0.717) is 17.5 Å². The van der Waals surface area contributed by atoms with Gasteiger partial charge in [0.15, 0.2) is 17.5 Å². The predicted octanol–water partition coefficient (Wildman–Crippen LogP) is 11.5. The maximum Gasteiger partial charge on any atom is 0.167 e. The number of aromatic nitrogens is 5. The zero-order valence-electron chi connectivity index (χ0n) is 28.6. The Bertz CT molecular complexity index is 2940. The standard InChI is InChI=1S/C46H31N5O/c1-28-27-31(51-40-22-8-6-15-35(40)38-21-12-26-47-46(38)51)24-25-32(28)33-17-10-18-34(29(33)2)44-48-43(30-13-4-3-5-14-30)49-45(50-44)39-20-11-19-37-36-16-7-9-23-41(36)52-42(37)39/h3-27H,1-2H3. The van der Waals surface area contributed by atoms with Gasteiger partial charge >= 0.3 is 0 Å². The van der Waals surface area contributed by atoms with E-state index < -0.39 is 0 Å². The fourth-order valence-electron chi connectivity index (χ4n) is 7.57. The van der Waals surface area contributed by atoms with Crippen molar-refractivity contribution in [2.24, 2.45) is 0 Å². The molecule has 10 aromatic rings. The number of rotatable bonds is 5. The van der Waals surface area contributed by atoms with E-state index in [9.17, 15) is 0 Å². The molecular formula is C46H31N5O. The van der Waals surface area contributed by atoms with Crippen molar-refractivity contribution in [2.75, 3.05) is 0 Å². The smallest absolute Gasteiger partial charge is 0.167 e. The van der Waals surface area contributed by atoms with Gasteiger partial charge < -0.3 is 4.42 Å². The van der Waals surface area contributed by atoms with Crippen molar-refractivity contribution < 1.29 is 4.42 Å². The second-order valence-electron chi connectivity index (χ2n) is 13.2. The number of para-hydroxylation sites is 3. The summed E-state index contributed by atoms with van der Waals surface area (Å²) in [6, 6.07) is 50.0. The summed E-state index contributed by atoms with van der Waals surface area (Å²) < 4.78 is 8.68. The van der Waals surface area contributed by atoms with E-state index >= 15 is 0 Å². The van der Waals surface area contributed by atoms with Crippen LogP contribution in [0.5, 0.6) is 0 Å². The topological polar surface area (TPSA) is 69.6 Å². The molecule has 246 valence electrons. The van der Waals surface area contributed by atoms with E-state index in [4.69, 9.17) is 24.4 Å². The van der Waals surface area contributed by atoms with Crippen LogP contribution in [0, 0.1) is 13.8 Å². The summed E-state index contributed by atoms with van der Waals surface area (Å²) in [7, 11) is 0. The first kappa shape index (κ1) is 29.9. The van der Waals surface area contributed by atoms with Crippen molar-refractivity contribution in [1.82, 2.24) is 24.5 Å². The number of pyridine rings is 1. The van der Waals surface area contributed by atoms with Crippen LogP contribution in [0.3, 0.4) is 0 Å². The Morgan fingerprint density at radius 2 is 1.17 bits per heavy atom. The Kier molecular flexibility index (Phi) is 6.83. The largest absolute Gasteiger partial charge is 0.455 e. The number of hydrogen-bond acceptors (Lipinski definition) is 5. The molecule has 0 amide bonds. The van der Waals surface area contributed by atoms with Gasteiger partial charge in [-0.15, -0.1) is 0 Å². The molecule has 0 aliphatic rings. The van der Waals surface area contributed by atoms with Crippen molar-refractivity contribution >= 4 is 43.9 Å². The van der Waals surface area contributed by atoms with Gasteiger partial charge in [-0.05, 0) is 78.6 Å². The minimum Gasteiger partial charge on any atom is -0.455 e. The van der Waals surface area contributed by atoms with Gasteiger partial charge in [-0.3, -0.25) is 4.57 Å². The van der Waals surface area contributed by atoms with Gasteiger partial charge in [0, 0.05) is 44.6 Å². The summed E-state index contributed by atoms with van der Waals surface area (Å²) in [5.41, 5.74) is 12.0. The van der Waals surface area contributed by atoms with Crippen molar-refractivity contribution in [3.8, 4) is 51.0 Å². The molecule has 52 heavy (non-hydrogen) atoms. The van der Waals surface area contributed by atoms with E-state index in [0.717, 1.165) is 83.1 Å². The second-order valence-corrected chi connectivity index (χ2v) is 13.2. The molecule has 0 atom stereocenters. The molecule has 0 N–H and O–H groups in total. The molecule has 6 nitrogen and oxygen atoms in total. The van der Waals surface area contributed by atoms with E-state index in [2.05, 4.69) is 97.3 Å². The minimum atomic E-state index is 0.568. The van der Waals surface area contributed by atoms with Crippen LogP contribution in [-0.4, -0.2) is 24.5 Å². The Hall–Kier alpha value is -6.92. The summed E-state index contributed by atoms with van der Waals surface area (Å²) in [5.74, 6) is 1.79. The Morgan fingerprint density at radius 1 is 0.500 bits per heavy atom. The normalized spacial score (nSPS) is 11.7. The number of furan rings is 1. The van der Waals surface area contributed by atoms with Crippen LogP contribution in [0.4, 0.5) is 0 Å². The molecule has 10 rings (SSSR count). The Balaban J connectivity index is 1.12. The summed E-state index contributed by atoms with van der Waals surface area (Å²) in [4.78, 5) is 20.1. The van der Waals surface area contributed by atoms with Gasteiger partial charge in [0.1, 0.15) is 16.8 Å². The molecule has 0 saturated carbocycles. The summed E-state index contributed by atoms with van der Waals surface area (Å²) >= 11 is 0. The maximum atomic E-state index is 6.42. The molecule has 0 aliphatic carbocycles. The Morgan fingerprint density at radius 3 is 2.04 bits per heavy atom. The van der Waals surface area contributed by atoms with Crippen molar-refractivity contribution in [1.29, 1.82) is 0 Å². The van der Waals surface area contributed by atoms with Gasteiger partial charge in [-0.25, -0.2) is 19.9 Å². The highest BCUT2D eigenvalue weighted by atomic mass is 16.3. The van der Waals surface area contributed by atoms with Crippen LogP contribution in [-0.2, 0) is 0 Å². The second kappa shape index (κ2) is 11.9. The van der Waals surface area contributed by atoms with Gasteiger partial charge in [0.2, 0.25) is 0 Å². The first-order valence-corrected chi connectivity index (χ1v) is 17.4. The molecule has 0 aliphatic heterocycles. The quantitative estimate of drug-likeness (QED) is 0.182. The van der Waals surface area contributed by atoms with E-state index in [1.54, 1.807) is 0 Å². The predicted molar refractivity (Wildman–Crippen MR) is 210 cm³/mol.